The van der Waals surface area contributed by atoms with Crippen LogP contribution in [0, 0.1) is 5.92 Å². The zero-order valence-electron chi connectivity index (χ0n) is 12.5. The summed E-state index contributed by atoms with van der Waals surface area (Å²) in [5.74, 6) is 1.61. The van der Waals surface area contributed by atoms with Crippen LogP contribution in [0.5, 0.6) is 5.75 Å². The van der Waals surface area contributed by atoms with Crippen molar-refractivity contribution in [2.45, 2.75) is 38.6 Å². The first kappa shape index (κ1) is 14.0. The Morgan fingerprint density at radius 1 is 1.33 bits per heavy atom. The Bertz CT molecular complexity index is 640. The van der Waals surface area contributed by atoms with Crippen LogP contribution in [0.4, 0.5) is 0 Å². The fourth-order valence-electron chi connectivity index (χ4n) is 3.48. The van der Waals surface area contributed by atoms with Crippen LogP contribution in [-0.2, 0) is 6.54 Å². The molecule has 4 heteroatoms. The predicted octanol–water partition coefficient (Wildman–Crippen LogP) is 4.04. The van der Waals surface area contributed by atoms with E-state index in [2.05, 4.69) is 15.9 Å². The number of fused-ring (bicyclic) bond motifs is 1. The van der Waals surface area contributed by atoms with Gasteiger partial charge in [-0.1, -0.05) is 36.6 Å². The van der Waals surface area contributed by atoms with Crippen molar-refractivity contribution in [2.75, 3.05) is 7.11 Å². The first-order valence-corrected chi connectivity index (χ1v) is 7.66. The van der Waals surface area contributed by atoms with E-state index in [-0.39, 0.29) is 0 Å². The minimum absolute atomic E-state index is 0.734. The van der Waals surface area contributed by atoms with Gasteiger partial charge in [-0.25, -0.2) is 0 Å². The summed E-state index contributed by atoms with van der Waals surface area (Å²) in [6.45, 7) is 1.01. The molecule has 2 aromatic rings. The molecule has 0 saturated heterocycles. The monoisotopic (exact) mass is 286 g/mol. The van der Waals surface area contributed by atoms with Crippen LogP contribution in [0.25, 0.3) is 10.9 Å². The van der Waals surface area contributed by atoms with E-state index in [4.69, 9.17) is 9.94 Å². The van der Waals surface area contributed by atoms with E-state index in [9.17, 15) is 0 Å². The molecule has 1 saturated carbocycles. The number of aromatic nitrogens is 1. The number of oxime groups is 1. The van der Waals surface area contributed by atoms with Gasteiger partial charge in [0.05, 0.1) is 18.8 Å². The van der Waals surface area contributed by atoms with E-state index < -0.39 is 0 Å². The SMILES string of the molecule is COc1cccc2c(C=NO)cn(CC3CCCCC3)c12. The molecule has 0 spiro atoms. The molecule has 0 bridgehead atoms. The first-order valence-electron chi connectivity index (χ1n) is 7.66. The van der Waals surface area contributed by atoms with Gasteiger partial charge in [0.15, 0.2) is 0 Å². The predicted molar refractivity (Wildman–Crippen MR) is 84.4 cm³/mol. The number of benzene rings is 1. The van der Waals surface area contributed by atoms with Crippen LogP contribution in [0.1, 0.15) is 37.7 Å². The van der Waals surface area contributed by atoms with Gasteiger partial charge >= 0.3 is 0 Å². The van der Waals surface area contributed by atoms with Gasteiger partial charge in [0.1, 0.15) is 5.75 Å². The highest BCUT2D eigenvalue weighted by molar-refractivity contribution is 6.01. The maximum absolute atomic E-state index is 8.87. The van der Waals surface area contributed by atoms with Crippen molar-refractivity contribution in [3.63, 3.8) is 0 Å². The van der Waals surface area contributed by atoms with Crippen molar-refractivity contribution >= 4 is 17.1 Å². The molecule has 0 atom stereocenters. The number of para-hydroxylation sites is 1. The highest BCUT2D eigenvalue weighted by Gasteiger charge is 2.17. The van der Waals surface area contributed by atoms with E-state index in [1.54, 1.807) is 7.11 Å². The summed E-state index contributed by atoms with van der Waals surface area (Å²) in [5.41, 5.74) is 2.03. The average molecular weight is 286 g/mol. The summed E-state index contributed by atoms with van der Waals surface area (Å²) in [7, 11) is 1.70. The molecule has 0 radical (unpaired) electrons. The fourth-order valence-corrected chi connectivity index (χ4v) is 3.48. The highest BCUT2D eigenvalue weighted by Crippen LogP contribution is 2.32. The lowest BCUT2D eigenvalue weighted by Crippen LogP contribution is -2.13. The fraction of sp³-hybridized carbons (Fsp3) is 0.471. The van der Waals surface area contributed by atoms with Gasteiger partial charge in [-0.2, -0.15) is 0 Å². The molecule has 3 rings (SSSR count). The molecule has 112 valence electrons. The van der Waals surface area contributed by atoms with Crippen LogP contribution >= 0.6 is 0 Å². The van der Waals surface area contributed by atoms with Crippen molar-refractivity contribution in [3.05, 3.63) is 30.0 Å². The van der Waals surface area contributed by atoms with Crippen molar-refractivity contribution in [1.29, 1.82) is 0 Å². The summed E-state index contributed by atoms with van der Waals surface area (Å²) in [6.07, 6.45) is 10.2. The topological polar surface area (TPSA) is 46.8 Å². The van der Waals surface area contributed by atoms with Crippen LogP contribution in [0.15, 0.2) is 29.6 Å². The first-order chi connectivity index (χ1) is 10.3. The Kier molecular flexibility index (Phi) is 4.13. The molecule has 1 aliphatic rings. The van der Waals surface area contributed by atoms with Crippen LogP contribution in [-0.4, -0.2) is 23.1 Å². The minimum atomic E-state index is 0.734. The Labute approximate surface area is 125 Å². The van der Waals surface area contributed by atoms with E-state index >= 15 is 0 Å². The summed E-state index contributed by atoms with van der Waals surface area (Å²) >= 11 is 0. The Hall–Kier alpha value is -1.97. The number of rotatable bonds is 4. The summed E-state index contributed by atoms with van der Waals surface area (Å²) in [4.78, 5) is 0. The lowest BCUT2D eigenvalue weighted by atomic mass is 9.89. The molecule has 0 unspecified atom stereocenters. The van der Waals surface area contributed by atoms with Gasteiger partial charge < -0.3 is 14.5 Å². The van der Waals surface area contributed by atoms with Crippen LogP contribution < -0.4 is 4.74 Å². The number of hydrogen-bond donors (Lipinski definition) is 1. The molecular formula is C17H22N2O2. The van der Waals surface area contributed by atoms with Gasteiger partial charge in [0.25, 0.3) is 0 Å². The zero-order valence-corrected chi connectivity index (χ0v) is 12.5. The molecule has 0 amide bonds. The van der Waals surface area contributed by atoms with Gasteiger partial charge in [-0.15, -0.1) is 0 Å². The van der Waals surface area contributed by atoms with Gasteiger partial charge in [0, 0.05) is 23.7 Å². The molecule has 1 aromatic heterocycles. The summed E-state index contributed by atoms with van der Waals surface area (Å²) < 4.78 is 7.79. The molecule has 4 nitrogen and oxygen atoms in total. The van der Waals surface area contributed by atoms with Crippen molar-refractivity contribution < 1.29 is 9.94 Å². The largest absolute Gasteiger partial charge is 0.495 e. The minimum Gasteiger partial charge on any atom is -0.495 e. The smallest absolute Gasteiger partial charge is 0.143 e. The Morgan fingerprint density at radius 3 is 2.86 bits per heavy atom. The maximum Gasteiger partial charge on any atom is 0.143 e. The molecule has 0 aliphatic heterocycles. The number of methoxy groups -OCH3 is 1. The molecule has 1 aliphatic carbocycles. The quantitative estimate of drug-likeness (QED) is 0.524. The molecule has 1 N–H and O–H groups in total. The number of hydrogen-bond acceptors (Lipinski definition) is 3. The van der Waals surface area contributed by atoms with E-state index in [0.717, 1.165) is 34.7 Å². The zero-order chi connectivity index (χ0) is 14.7. The van der Waals surface area contributed by atoms with Crippen molar-refractivity contribution in [1.82, 2.24) is 4.57 Å². The molecule has 1 heterocycles. The molecule has 1 aromatic carbocycles. The molecular weight excluding hydrogens is 264 g/mol. The maximum atomic E-state index is 8.87. The second-order valence-corrected chi connectivity index (χ2v) is 5.84. The van der Waals surface area contributed by atoms with Gasteiger partial charge in [-0.3, -0.25) is 0 Å². The highest BCUT2D eigenvalue weighted by atomic mass is 16.5. The van der Waals surface area contributed by atoms with Gasteiger partial charge in [0.2, 0.25) is 0 Å². The standard InChI is InChI=1S/C17H22N2O2/c1-21-16-9-5-8-15-14(10-18-20)12-19(17(15)16)11-13-6-3-2-4-7-13/h5,8-10,12-13,20H,2-4,6-7,11H2,1H3. The second-order valence-electron chi connectivity index (χ2n) is 5.84. The molecule has 21 heavy (non-hydrogen) atoms. The third-order valence-corrected chi connectivity index (χ3v) is 4.49. The Balaban J connectivity index is 2.03. The van der Waals surface area contributed by atoms with Crippen molar-refractivity contribution in [2.24, 2.45) is 11.1 Å². The van der Waals surface area contributed by atoms with Gasteiger partial charge in [-0.05, 0) is 24.8 Å². The average Bonchev–Trinajstić information content (AvgIpc) is 2.87. The van der Waals surface area contributed by atoms with E-state index in [1.165, 1.54) is 38.3 Å². The summed E-state index contributed by atoms with van der Waals surface area (Å²) in [6, 6.07) is 6.01. The lowest BCUT2D eigenvalue weighted by Gasteiger charge is -2.22. The van der Waals surface area contributed by atoms with E-state index in [1.807, 2.05) is 18.2 Å². The lowest BCUT2D eigenvalue weighted by molar-refractivity contribution is 0.320. The third-order valence-electron chi connectivity index (χ3n) is 4.49. The second kappa shape index (κ2) is 6.20. The number of nitrogens with zero attached hydrogens (tertiary/aromatic N) is 2. The Morgan fingerprint density at radius 2 is 2.14 bits per heavy atom. The normalized spacial score (nSPS) is 16.8. The van der Waals surface area contributed by atoms with Crippen LogP contribution in [0.3, 0.4) is 0 Å². The molecule has 1 fully saturated rings. The summed E-state index contributed by atoms with van der Waals surface area (Å²) in [5, 5.41) is 13.1. The third kappa shape index (κ3) is 2.75. The van der Waals surface area contributed by atoms with Crippen molar-refractivity contribution in [3.8, 4) is 5.75 Å². The number of ether oxygens (including phenoxy) is 1. The van der Waals surface area contributed by atoms with E-state index in [0.29, 0.717) is 0 Å². The van der Waals surface area contributed by atoms with Crippen LogP contribution in [0.2, 0.25) is 0 Å².